The van der Waals surface area contributed by atoms with E-state index in [2.05, 4.69) is 16.0 Å². The van der Waals surface area contributed by atoms with Gasteiger partial charge in [-0.3, -0.25) is 28.8 Å². The summed E-state index contributed by atoms with van der Waals surface area (Å²) in [6, 6.07) is -2.01. The molecule has 0 heterocycles. The van der Waals surface area contributed by atoms with Gasteiger partial charge in [0.15, 0.2) is 11.6 Å². The van der Waals surface area contributed by atoms with E-state index in [9.17, 15) is 28.8 Å². The summed E-state index contributed by atoms with van der Waals surface area (Å²) in [6.07, 6.45) is 1.43. The lowest BCUT2D eigenvalue weighted by molar-refractivity contribution is -0.131. The predicted molar refractivity (Wildman–Crippen MR) is 135 cm³/mol. The summed E-state index contributed by atoms with van der Waals surface area (Å²) in [6.45, 7) is 10.5. The molecule has 0 saturated carbocycles. The minimum absolute atomic E-state index is 0.0127. The second-order valence-corrected chi connectivity index (χ2v) is 9.52. The summed E-state index contributed by atoms with van der Waals surface area (Å²) in [5.41, 5.74) is 0. The van der Waals surface area contributed by atoms with Gasteiger partial charge in [0.25, 0.3) is 0 Å². The molecule has 3 atom stereocenters. The van der Waals surface area contributed by atoms with Gasteiger partial charge in [0, 0.05) is 43.9 Å². The summed E-state index contributed by atoms with van der Waals surface area (Å²) in [4.78, 5) is 73.8. The van der Waals surface area contributed by atoms with Crippen LogP contribution in [-0.4, -0.2) is 60.1 Å². The number of likely N-dealkylation sites (N-methyl/N-ethyl adjacent to an activating group) is 1. The Morgan fingerprint density at radius 3 is 1.43 bits per heavy atom. The molecule has 0 aliphatic heterocycles. The van der Waals surface area contributed by atoms with Crippen LogP contribution in [0.15, 0.2) is 0 Å². The van der Waals surface area contributed by atoms with Crippen LogP contribution >= 0.6 is 0 Å². The van der Waals surface area contributed by atoms with Gasteiger partial charge in [-0.15, -0.1) is 0 Å². The first-order valence-corrected chi connectivity index (χ1v) is 12.8. The Hall–Kier alpha value is -2.42. The van der Waals surface area contributed by atoms with Crippen LogP contribution in [0.5, 0.6) is 0 Å². The van der Waals surface area contributed by atoms with Crippen molar-refractivity contribution in [2.24, 2.45) is 11.8 Å². The summed E-state index contributed by atoms with van der Waals surface area (Å²) >= 11 is 0. The normalized spacial score (nSPS) is 13.7. The number of hydrogen-bond acceptors (Lipinski definition) is 7. The lowest BCUT2D eigenvalue weighted by atomic mass is 9.94. The van der Waals surface area contributed by atoms with Crippen LogP contribution in [0.25, 0.3) is 0 Å². The van der Waals surface area contributed by atoms with Gasteiger partial charge in [0.2, 0.25) is 11.8 Å². The van der Waals surface area contributed by atoms with Crippen LogP contribution in [-0.2, 0) is 28.8 Å². The van der Waals surface area contributed by atoms with E-state index in [0.29, 0.717) is 12.8 Å². The largest absolute Gasteiger partial charge is 0.346 e. The van der Waals surface area contributed by atoms with E-state index in [1.807, 2.05) is 0 Å². The van der Waals surface area contributed by atoms with Gasteiger partial charge in [0.05, 0.1) is 18.1 Å². The second-order valence-electron chi connectivity index (χ2n) is 9.52. The predicted octanol–water partition coefficient (Wildman–Crippen LogP) is 2.29. The highest BCUT2D eigenvalue weighted by molar-refractivity contribution is 5.92. The van der Waals surface area contributed by atoms with Crippen LogP contribution in [0.2, 0.25) is 0 Å². The second kappa shape index (κ2) is 17.1. The molecule has 0 radical (unpaired) electrons. The van der Waals surface area contributed by atoms with Crippen molar-refractivity contribution in [1.29, 1.82) is 0 Å². The molecule has 9 heteroatoms. The molecule has 0 bridgehead atoms. The third kappa shape index (κ3) is 12.7. The molecule has 0 aliphatic rings. The number of nitrogens with one attached hydrogen (secondary N) is 3. The number of rotatable bonds is 19. The SMILES string of the molecule is CCC(=O)C(CCC(=O)NC(CCC(=O)NC(CCC(=O)C(C)C)C(=O)C(C)C)C(=O)CC)NC. The van der Waals surface area contributed by atoms with Gasteiger partial charge >= 0.3 is 0 Å². The maximum Gasteiger partial charge on any atom is 0.220 e. The molecule has 0 aromatic heterocycles. The molecule has 3 N–H and O–H groups in total. The van der Waals surface area contributed by atoms with Gasteiger partial charge in [-0.05, 0) is 26.3 Å². The van der Waals surface area contributed by atoms with Crippen LogP contribution < -0.4 is 16.0 Å². The average Bonchev–Trinajstić information content (AvgIpc) is 2.82. The zero-order chi connectivity index (χ0) is 27.1. The fourth-order valence-electron chi connectivity index (χ4n) is 3.62. The minimum Gasteiger partial charge on any atom is -0.346 e. The molecule has 0 aromatic carbocycles. The fraction of sp³-hybridized carbons (Fsp3) is 0.769. The molecule has 200 valence electrons. The number of hydrogen-bond donors (Lipinski definition) is 3. The van der Waals surface area contributed by atoms with Gasteiger partial charge in [-0.1, -0.05) is 41.5 Å². The van der Waals surface area contributed by atoms with E-state index in [4.69, 9.17) is 0 Å². The Bertz CT molecular complexity index is 747. The van der Waals surface area contributed by atoms with Gasteiger partial charge in [0.1, 0.15) is 11.6 Å². The van der Waals surface area contributed by atoms with Crippen molar-refractivity contribution >= 4 is 34.9 Å². The lowest BCUT2D eigenvalue weighted by Crippen LogP contribution is -2.45. The molecule has 3 unspecified atom stereocenters. The van der Waals surface area contributed by atoms with Crippen molar-refractivity contribution in [3.05, 3.63) is 0 Å². The Morgan fingerprint density at radius 1 is 0.571 bits per heavy atom. The van der Waals surface area contributed by atoms with E-state index in [0.717, 1.165) is 0 Å². The number of ketones is 4. The van der Waals surface area contributed by atoms with Crippen molar-refractivity contribution in [1.82, 2.24) is 16.0 Å². The highest BCUT2D eigenvalue weighted by Crippen LogP contribution is 2.11. The van der Waals surface area contributed by atoms with Crippen LogP contribution in [0, 0.1) is 11.8 Å². The van der Waals surface area contributed by atoms with E-state index in [1.54, 1.807) is 48.6 Å². The molecule has 2 amide bonds. The molecule has 0 spiro atoms. The Morgan fingerprint density at radius 2 is 1.00 bits per heavy atom. The van der Waals surface area contributed by atoms with Gasteiger partial charge < -0.3 is 16.0 Å². The van der Waals surface area contributed by atoms with Crippen molar-refractivity contribution in [2.45, 2.75) is 111 Å². The highest BCUT2D eigenvalue weighted by atomic mass is 16.2. The van der Waals surface area contributed by atoms with Crippen molar-refractivity contribution in [2.75, 3.05) is 7.05 Å². The number of amides is 2. The molecule has 0 aliphatic carbocycles. The molecule has 0 rings (SSSR count). The maximum absolute atomic E-state index is 12.6. The Kier molecular flexibility index (Phi) is 15.9. The standard InChI is InChI=1S/C26H45N3O6/c1-8-21(30)18(27-7)11-14-24(33)28-19(22(31)9-2)12-15-25(34)29-20(26(35)17(5)6)10-13-23(32)16(3)4/h16-20,27H,8-15H2,1-7H3,(H,28,33)(H,29,34). The first kappa shape index (κ1) is 32.6. The third-order valence-electron chi connectivity index (χ3n) is 6.05. The summed E-state index contributed by atoms with van der Waals surface area (Å²) in [7, 11) is 1.66. The first-order chi connectivity index (χ1) is 16.4. The minimum atomic E-state index is -0.824. The van der Waals surface area contributed by atoms with Gasteiger partial charge in [-0.2, -0.15) is 0 Å². The van der Waals surface area contributed by atoms with E-state index in [-0.39, 0.29) is 79.4 Å². The topological polar surface area (TPSA) is 139 Å². The molecular formula is C26H45N3O6. The monoisotopic (exact) mass is 495 g/mol. The number of carbonyl (C=O) groups is 6. The zero-order valence-corrected chi connectivity index (χ0v) is 22.5. The maximum atomic E-state index is 12.6. The Labute approximate surface area is 209 Å². The molecule has 0 fully saturated rings. The molecule has 0 aromatic rings. The van der Waals surface area contributed by atoms with E-state index < -0.39 is 24.0 Å². The van der Waals surface area contributed by atoms with Crippen LogP contribution in [0.3, 0.4) is 0 Å². The van der Waals surface area contributed by atoms with Crippen molar-refractivity contribution < 1.29 is 28.8 Å². The smallest absolute Gasteiger partial charge is 0.220 e. The molecule has 0 saturated heterocycles. The molecular weight excluding hydrogens is 450 g/mol. The Balaban J connectivity index is 5.02. The van der Waals surface area contributed by atoms with Crippen LogP contribution in [0.1, 0.15) is 92.9 Å². The molecule has 9 nitrogen and oxygen atoms in total. The average molecular weight is 496 g/mol. The lowest BCUT2D eigenvalue weighted by Gasteiger charge is -2.21. The van der Waals surface area contributed by atoms with Crippen molar-refractivity contribution in [3.8, 4) is 0 Å². The quantitative estimate of drug-likeness (QED) is 0.250. The number of carbonyl (C=O) groups excluding carboxylic acids is 6. The summed E-state index contributed by atoms with van der Waals surface area (Å²) in [5.74, 6) is -1.52. The third-order valence-corrected chi connectivity index (χ3v) is 6.05. The highest BCUT2D eigenvalue weighted by Gasteiger charge is 2.26. The summed E-state index contributed by atoms with van der Waals surface area (Å²) < 4.78 is 0. The summed E-state index contributed by atoms with van der Waals surface area (Å²) in [5, 5.41) is 8.30. The molecule has 35 heavy (non-hydrogen) atoms. The van der Waals surface area contributed by atoms with Crippen LogP contribution in [0.4, 0.5) is 0 Å². The van der Waals surface area contributed by atoms with Gasteiger partial charge in [-0.25, -0.2) is 0 Å². The fourth-order valence-corrected chi connectivity index (χ4v) is 3.62. The number of Topliss-reactive ketones (excluding diaryl/α,β-unsaturated/α-hetero) is 4. The zero-order valence-electron chi connectivity index (χ0n) is 22.5. The van der Waals surface area contributed by atoms with E-state index >= 15 is 0 Å². The van der Waals surface area contributed by atoms with Crippen molar-refractivity contribution in [3.63, 3.8) is 0 Å². The first-order valence-electron chi connectivity index (χ1n) is 12.8. The van der Waals surface area contributed by atoms with E-state index in [1.165, 1.54) is 0 Å².